The van der Waals surface area contributed by atoms with Crippen molar-refractivity contribution in [3.05, 3.63) is 42.0 Å². The summed E-state index contributed by atoms with van der Waals surface area (Å²) in [6.45, 7) is 3.42. The second-order valence-electron chi connectivity index (χ2n) is 6.09. The maximum absolute atomic E-state index is 5.91. The van der Waals surface area contributed by atoms with E-state index in [0.717, 1.165) is 42.1 Å². The van der Waals surface area contributed by atoms with Crippen molar-refractivity contribution >= 4 is 0 Å². The van der Waals surface area contributed by atoms with Crippen molar-refractivity contribution in [1.29, 1.82) is 0 Å². The van der Waals surface area contributed by atoms with Crippen molar-refractivity contribution in [2.24, 2.45) is 0 Å². The topological polar surface area (TPSA) is 75.2 Å². The van der Waals surface area contributed by atoms with E-state index in [4.69, 9.17) is 13.9 Å². The molecule has 0 spiro atoms. The monoisotopic (exact) mass is 340 g/mol. The zero-order valence-electron chi connectivity index (χ0n) is 14.3. The summed E-state index contributed by atoms with van der Waals surface area (Å²) in [5.41, 5.74) is 2.61. The average molecular weight is 340 g/mol. The zero-order valence-corrected chi connectivity index (χ0v) is 14.3. The Morgan fingerprint density at radius 1 is 1.24 bits per heavy atom. The molecule has 1 atom stereocenters. The standard InChI is InChI=1S/C18H20N4O3/c1-12-14(10-19-22(12)15-7-3-4-8-16(15)23-2)18-21-20-17(25-18)13-6-5-9-24-11-13/h3-4,7-8,10,13H,5-6,9,11H2,1-2H3. The van der Waals surface area contributed by atoms with Crippen LogP contribution in [0, 0.1) is 6.92 Å². The number of hydrogen-bond donors (Lipinski definition) is 0. The van der Waals surface area contributed by atoms with Gasteiger partial charge >= 0.3 is 0 Å². The van der Waals surface area contributed by atoms with Crippen LogP contribution in [-0.4, -0.2) is 40.3 Å². The fraction of sp³-hybridized carbons (Fsp3) is 0.389. The number of hydrogen-bond acceptors (Lipinski definition) is 6. The SMILES string of the molecule is COc1ccccc1-n1ncc(-c2nnc(C3CCCOC3)o2)c1C. The number of nitrogens with zero attached hydrogens (tertiary/aromatic N) is 4. The van der Waals surface area contributed by atoms with Crippen LogP contribution in [0.4, 0.5) is 0 Å². The summed E-state index contributed by atoms with van der Waals surface area (Å²) in [5.74, 6) is 2.06. The van der Waals surface area contributed by atoms with E-state index < -0.39 is 0 Å². The van der Waals surface area contributed by atoms with Gasteiger partial charge in [-0.25, -0.2) is 4.68 Å². The molecular formula is C18H20N4O3. The minimum absolute atomic E-state index is 0.180. The van der Waals surface area contributed by atoms with Crippen LogP contribution in [0.2, 0.25) is 0 Å². The van der Waals surface area contributed by atoms with Crippen LogP contribution in [0.25, 0.3) is 17.1 Å². The van der Waals surface area contributed by atoms with Crippen molar-refractivity contribution in [3.8, 4) is 22.9 Å². The third-order valence-electron chi connectivity index (χ3n) is 4.50. The highest BCUT2D eigenvalue weighted by molar-refractivity contribution is 5.58. The molecule has 1 fully saturated rings. The van der Waals surface area contributed by atoms with Gasteiger partial charge in [-0.3, -0.25) is 0 Å². The highest BCUT2D eigenvalue weighted by atomic mass is 16.5. The maximum Gasteiger partial charge on any atom is 0.251 e. The van der Waals surface area contributed by atoms with Crippen LogP contribution in [0.15, 0.2) is 34.9 Å². The van der Waals surface area contributed by atoms with E-state index in [0.29, 0.717) is 18.4 Å². The molecule has 3 heterocycles. The molecule has 130 valence electrons. The second kappa shape index (κ2) is 6.68. The number of ether oxygens (including phenoxy) is 2. The first-order chi connectivity index (χ1) is 12.3. The van der Waals surface area contributed by atoms with Gasteiger partial charge in [-0.05, 0) is 31.9 Å². The predicted octanol–water partition coefficient (Wildman–Crippen LogP) is 3.13. The minimum Gasteiger partial charge on any atom is -0.494 e. The van der Waals surface area contributed by atoms with Crippen LogP contribution in [0.1, 0.15) is 30.3 Å². The Labute approximate surface area is 145 Å². The molecule has 1 aliphatic rings. The number of benzene rings is 1. The van der Waals surface area contributed by atoms with E-state index in [1.54, 1.807) is 13.3 Å². The van der Waals surface area contributed by atoms with Gasteiger partial charge in [0.05, 0.1) is 37.1 Å². The van der Waals surface area contributed by atoms with E-state index in [2.05, 4.69) is 15.3 Å². The van der Waals surface area contributed by atoms with Gasteiger partial charge in [0, 0.05) is 6.61 Å². The molecule has 0 radical (unpaired) electrons. The van der Waals surface area contributed by atoms with Crippen molar-refractivity contribution in [1.82, 2.24) is 20.0 Å². The Morgan fingerprint density at radius 3 is 2.92 bits per heavy atom. The highest BCUT2D eigenvalue weighted by Crippen LogP contribution is 2.30. The normalized spacial score (nSPS) is 17.6. The van der Waals surface area contributed by atoms with E-state index >= 15 is 0 Å². The van der Waals surface area contributed by atoms with Crippen molar-refractivity contribution in [2.45, 2.75) is 25.7 Å². The molecule has 1 aliphatic heterocycles. The zero-order chi connectivity index (χ0) is 17.2. The highest BCUT2D eigenvalue weighted by Gasteiger charge is 2.24. The van der Waals surface area contributed by atoms with Crippen LogP contribution < -0.4 is 4.74 Å². The first-order valence-corrected chi connectivity index (χ1v) is 8.37. The molecule has 7 nitrogen and oxygen atoms in total. The average Bonchev–Trinajstić information content (AvgIpc) is 3.29. The molecule has 7 heteroatoms. The van der Waals surface area contributed by atoms with Gasteiger partial charge in [0.25, 0.3) is 5.89 Å². The molecule has 0 saturated carbocycles. The number of aromatic nitrogens is 4. The van der Waals surface area contributed by atoms with E-state index in [1.165, 1.54) is 0 Å². The molecule has 4 rings (SSSR count). The summed E-state index contributed by atoms with van der Waals surface area (Å²) in [6, 6.07) is 7.75. The van der Waals surface area contributed by atoms with Gasteiger partial charge in [-0.15, -0.1) is 10.2 Å². The lowest BCUT2D eigenvalue weighted by atomic mass is 10.0. The summed E-state index contributed by atoms with van der Waals surface area (Å²) in [7, 11) is 1.65. The van der Waals surface area contributed by atoms with Crippen LogP contribution >= 0.6 is 0 Å². The molecule has 1 unspecified atom stereocenters. The lowest BCUT2D eigenvalue weighted by Gasteiger charge is -2.18. The van der Waals surface area contributed by atoms with E-state index in [-0.39, 0.29) is 5.92 Å². The van der Waals surface area contributed by atoms with Gasteiger partial charge in [0.15, 0.2) is 0 Å². The Hall–Kier alpha value is -2.67. The molecule has 1 saturated heterocycles. The molecule has 1 aromatic carbocycles. The largest absolute Gasteiger partial charge is 0.494 e. The third-order valence-corrected chi connectivity index (χ3v) is 4.50. The first kappa shape index (κ1) is 15.8. The Balaban J connectivity index is 1.66. The van der Waals surface area contributed by atoms with E-state index in [9.17, 15) is 0 Å². The lowest BCUT2D eigenvalue weighted by molar-refractivity contribution is 0.0727. The fourth-order valence-corrected chi connectivity index (χ4v) is 3.11. The summed E-state index contributed by atoms with van der Waals surface area (Å²) in [6.07, 6.45) is 3.78. The van der Waals surface area contributed by atoms with Gasteiger partial charge in [0.1, 0.15) is 11.4 Å². The molecule has 25 heavy (non-hydrogen) atoms. The first-order valence-electron chi connectivity index (χ1n) is 8.37. The molecule has 0 bridgehead atoms. The second-order valence-corrected chi connectivity index (χ2v) is 6.09. The Morgan fingerprint density at radius 2 is 2.12 bits per heavy atom. The third kappa shape index (κ3) is 2.91. The summed E-state index contributed by atoms with van der Waals surface area (Å²) in [5, 5.41) is 12.9. The van der Waals surface area contributed by atoms with Crippen LogP contribution in [0.5, 0.6) is 5.75 Å². The summed E-state index contributed by atoms with van der Waals surface area (Å²) >= 11 is 0. The predicted molar refractivity (Wildman–Crippen MR) is 90.9 cm³/mol. The molecule has 0 amide bonds. The summed E-state index contributed by atoms with van der Waals surface area (Å²) < 4.78 is 18.7. The van der Waals surface area contributed by atoms with Crippen LogP contribution in [0.3, 0.4) is 0 Å². The minimum atomic E-state index is 0.180. The Kier molecular flexibility index (Phi) is 4.23. The fourth-order valence-electron chi connectivity index (χ4n) is 3.11. The quantitative estimate of drug-likeness (QED) is 0.726. The summed E-state index contributed by atoms with van der Waals surface area (Å²) in [4.78, 5) is 0. The molecule has 0 N–H and O–H groups in total. The van der Waals surface area contributed by atoms with Crippen molar-refractivity contribution in [3.63, 3.8) is 0 Å². The van der Waals surface area contributed by atoms with Crippen molar-refractivity contribution < 1.29 is 13.9 Å². The molecule has 0 aliphatic carbocycles. The van der Waals surface area contributed by atoms with Gasteiger partial charge in [-0.1, -0.05) is 12.1 Å². The molecular weight excluding hydrogens is 320 g/mol. The number of methoxy groups -OCH3 is 1. The van der Waals surface area contributed by atoms with E-state index in [1.807, 2.05) is 35.9 Å². The Bertz CT molecular complexity index is 865. The van der Waals surface area contributed by atoms with Crippen molar-refractivity contribution in [2.75, 3.05) is 20.3 Å². The number of para-hydroxylation sites is 2. The smallest absolute Gasteiger partial charge is 0.251 e. The van der Waals surface area contributed by atoms with Crippen LogP contribution in [-0.2, 0) is 4.74 Å². The lowest BCUT2D eigenvalue weighted by Crippen LogP contribution is -2.15. The molecule has 3 aromatic rings. The number of rotatable bonds is 4. The van der Waals surface area contributed by atoms with Gasteiger partial charge < -0.3 is 13.9 Å². The van der Waals surface area contributed by atoms with Gasteiger partial charge in [0.2, 0.25) is 5.89 Å². The van der Waals surface area contributed by atoms with Gasteiger partial charge in [-0.2, -0.15) is 5.10 Å². The molecule has 2 aromatic heterocycles. The maximum atomic E-state index is 5.91.